The van der Waals surface area contributed by atoms with Crippen LogP contribution in [0.2, 0.25) is 0 Å². The van der Waals surface area contributed by atoms with Crippen LogP contribution >= 0.6 is 0 Å². The third kappa shape index (κ3) is 3.71. The highest BCUT2D eigenvalue weighted by molar-refractivity contribution is 6.04. The van der Waals surface area contributed by atoms with Gasteiger partial charge < -0.3 is 10.7 Å². The van der Waals surface area contributed by atoms with Crippen molar-refractivity contribution in [2.45, 2.75) is 37.8 Å². The van der Waals surface area contributed by atoms with Gasteiger partial charge in [-0.25, -0.2) is 20.4 Å². The van der Waals surface area contributed by atoms with E-state index in [1.165, 1.54) is 19.3 Å². The number of hydrazine groups is 1. The highest BCUT2D eigenvalue weighted by atomic mass is 15.5. The van der Waals surface area contributed by atoms with Crippen molar-refractivity contribution in [3.05, 3.63) is 72.4 Å². The molecule has 146 valence electrons. The summed E-state index contributed by atoms with van der Waals surface area (Å²) in [5.41, 5.74) is 9.35. The molecule has 2 aromatic carbocycles. The van der Waals surface area contributed by atoms with Gasteiger partial charge in [0.25, 0.3) is 0 Å². The van der Waals surface area contributed by atoms with E-state index in [2.05, 4.69) is 21.2 Å². The van der Waals surface area contributed by atoms with Crippen LogP contribution in [0, 0.1) is 0 Å². The second kappa shape index (κ2) is 7.64. The number of hydrogen-bond acceptors (Lipinski definition) is 6. The lowest BCUT2D eigenvalue weighted by molar-refractivity contribution is 0.249. The molecule has 2 heterocycles. The molecular weight excluding hydrogens is 360 g/mol. The average molecular weight is 384 g/mol. The molecule has 0 radical (unpaired) electrons. The van der Waals surface area contributed by atoms with Crippen molar-refractivity contribution >= 4 is 17.3 Å². The van der Waals surface area contributed by atoms with Crippen molar-refractivity contribution in [3.8, 4) is 11.4 Å². The van der Waals surface area contributed by atoms with E-state index in [1.807, 2.05) is 66.9 Å². The zero-order valence-electron chi connectivity index (χ0n) is 16.2. The molecule has 1 saturated carbocycles. The predicted molar refractivity (Wildman–Crippen MR) is 116 cm³/mol. The summed E-state index contributed by atoms with van der Waals surface area (Å²) in [6, 6.07) is 20.1. The Bertz CT molecular complexity index is 1010. The van der Waals surface area contributed by atoms with Crippen LogP contribution < -0.4 is 16.2 Å². The van der Waals surface area contributed by atoms with Crippen LogP contribution in [0.3, 0.4) is 0 Å². The third-order valence-electron chi connectivity index (χ3n) is 5.53. The maximum atomic E-state index is 5.03. The lowest BCUT2D eigenvalue weighted by Crippen LogP contribution is -2.46. The quantitative estimate of drug-likeness (QED) is 0.622. The van der Waals surface area contributed by atoms with E-state index in [4.69, 9.17) is 9.98 Å². The Hall–Kier alpha value is -3.25. The van der Waals surface area contributed by atoms with Crippen molar-refractivity contribution in [2.24, 2.45) is 4.99 Å². The molecule has 5 rings (SSSR count). The Morgan fingerprint density at radius 3 is 2.34 bits per heavy atom. The van der Waals surface area contributed by atoms with E-state index in [0.29, 0.717) is 5.82 Å². The number of hydrogen-bond donors (Lipinski definition) is 3. The molecule has 0 unspecified atom stereocenters. The van der Waals surface area contributed by atoms with Crippen LogP contribution in [0.4, 0.5) is 11.5 Å². The van der Waals surface area contributed by atoms with E-state index < -0.39 is 0 Å². The number of aromatic nitrogens is 2. The maximum Gasteiger partial charge on any atom is 0.161 e. The first kappa shape index (κ1) is 17.8. The van der Waals surface area contributed by atoms with Crippen molar-refractivity contribution in [1.29, 1.82) is 0 Å². The van der Waals surface area contributed by atoms with E-state index >= 15 is 0 Å². The highest BCUT2D eigenvalue weighted by Gasteiger charge is 2.36. The number of anilines is 2. The van der Waals surface area contributed by atoms with Gasteiger partial charge >= 0.3 is 0 Å². The molecule has 6 heteroatoms. The lowest BCUT2D eigenvalue weighted by Gasteiger charge is -2.29. The van der Waals surface area contributed by atoms with Gasteiger partial charge in [-0.15, -0.1) is 0 Å². The molecule has 0 amide bonds. The molecular formula is C23H24N6. The Balaban J connectivity index is 1.54. The molecule has 1 aliphatic carbocycles. The maximum absolute atomic E-state index is 5.03. The van der Waals surface area contributed by atoms with Crippen molar-refractivity contribution in [1.82, 2.24) is 20.8 Å². The van der Waals surface area contributed by atoms with Gasteiger partial charge in [-0.1, -0.05) is 55.0 Å². The summed E-state index contributed by atoms with van der Waals surface area (Å²) in [5, 5.41) is 3.45. The van der Waals surface area contributed by atoms with Crippen LogP contribution in [0.1, 0.15) is 37.7 Å². The van der Waals surface area contributed by atoms with E-state index in [0.717, 1.165) is 41.3 Å². The molecule has 1 spiro atoms. The van der Waals surface area contributed by atoms with Crippen LogP contribution in [0.25, 0.3) is 11.4 Å². The topological polar surface area (TPSA) is 74.2 Å². The summed E-state index contributed by atoms with van der Waals surface area (Å²) < 4.78 is 0. The number of rotatable bonds is 4. The number of para-hydroxylation sites is 1. The molecule has 3 N–H and O–H groups in total. The van der Waals surface area contributed by atoms with Gasteiger partial charge in [-0.05, 0) is 37.8 Å². The third-order valence-corrected chi connectivity index (χ3v) is 5.53. The second-order valence-electron chi connectivity index (χ2n) is 7.62. The lowest BCUT2D eigenvalue weighted by atomic mass is 9.90. The molecule has 1 aromatic heterocycles. The number of aliphatic imine (C=N–C) groups is 1. The molecule has 29 heavy (non-hydrogen) atoms. The smallest absolute Gasteiger partial charge is 0.161 e. The Kier molecular flexibility index (Phi) is 4.69. The molecule has 6 nitrogen and oxygen atoms in total. The average Bonchev–Trinajstić information content (AvgIpc) is 3.18. The first-order chi connectivity index (χ1) is 14.3. The summed E-state index contributed by atoms with van der Waals surface area (Å²) in [4.78, 5) is 14.5. The van der Waals surface area contributed by atoms with Crippen LogP contribution in [0.5, 0.6) is 0 Å². The molecule has 3 aromatic rings. The van der Waals surface area contributed by atoms with Gasteiger partial charge in [-0.2, -0.15) is 0 Å². The summed E-state index contributed by atoms with van der Waals surface area (Å²) in [6.45, 7) is 0. The number of amidine groups is 1. The molecule has 0 atom stereocenters. The normalized spacial score (nSPS) is 17.6. The van der Waals surface area contributed by atoms with Gasteiger partial charge in [0.15, 0.2) is 5.82 Å². The van der Waals surface area contributed by atoms with Gasteiger partial charge in [0.05, 0.1) is 5.56 Å². The summed E-state index contributed by atoms with van der Waals surface area (Å²) in [7, 11) is 0. The fraction of sp³-hybridized carbons (Fsp3) is 0.261. The van der Waals surface area contributed by atoms with Crippen LogP contribution in [-0.2, 0) is 0 Å². The standard InChI is InChI=1S/C23H24N6/c1-4-10-17(11-5-1)20-24-16-19(21(26-20)25-18-12-6-2-7-13-18)22-27-23(29-28-22)14-8-3-9-15-23/h1-2,4-7,10-13,16,29H,3,8-9,14-15H2,(H,27,28)(H,24,25,26). The first-order valence-corrected chi connectivity index (χ1v) is 10.2. The molecule has 0 saturated heterocycles. The zero-order valence-corrected chi connectivity index (χ0v) is 16.2. The van der Waals surface area contributed by atoms with E-state index in [1.54, 1.807) is 0 Å². The summed E-state index contributed by atoms with van der Waals surface area (Å²) >= 11 is 0. The Morgan fingerprint density at radius 1 is 0.862 bits per heavy atom. The molecule has 0 bridgehead atoms. The van der Waals surface area contributed by atoms with Gasteiger partial charge in [0.1, 0.15) is 17.3 Å². The summed E-state index contributed by atoms with van der Waals surface area (Å²) in [6.07, 6.45) is 7.63. The fourth-order valence-electron chi connectivity index (χ4n) is 3.98. The molecule has 1 aliphatic heterocycles. The number of benzene rings is 2. The van der Waals surface area contributed by atoms with Crippen molar-refractivity contribution < 1.29 is 0 Å². The van der Waals surface area contributed by atoms with Gasteiger partial charge in [0, 0.05) is 17.4 Å². The van der Waals surface area contributed by atoms with Gasteiger partial charge in [0.2, 0.25) is 0 Å². The molecule has 1 fully saturated rings. The predicted octanol–water partition coefficient (Wildman–Crippen LogP) is 4.40. The Morgan fingerprint density at radius 2 is 1.59 bits per heavy atom. The first-order valence-electron chi connectivity index (χ1n) is 10.2. The number of nitrogens with zero attached hydrogens (tertiary/aromatic N) is 3. The van der Waals surface area contributed by atoms with E-state index in [9.17, 15) is 0 Å². The zero-order chi connectivity index (χ0) is 19.5. The number of nitrogens with one attached hydrogen (secondary N) is 3. The minimum atomic E-state index is -0.199. The van der Waals surface area contributed by atoms with Gasteiger partial charge in [-0.3, -0.25) is 0 Å². The largest absolute Gasteiger partial charge is 0.339 e. The highest BCUT2D eigenvalue weighted by Crippen LogP contribution is 2.32. The van der Waals surface area contributed by atoms with E-state index in [-0.39, 0.29) is 5.66 Å². The van der Waals surface area contributed by atoms with Crippen LogP contribution in [-0.4, -0.2) is 21.5 Å². The summed E-state index contributed by atoms with van der Waals surface area (Å²) in [5.74, 6) is 2.22. The minimum Gasteiger partial charge on any atom is -0.339 e. The van der Waals surface area contributed by atoms with Crippen LogP contribution in [0.15, 0.2) is 71.9 Å². The minimum absolute atomic E-state index is 0.199. The molecule has 2 aliphatic rings. The Labute approximate surface area is 170 Å². The SMILES string of the molecule is c1ccc(Nc2nc(-c3ccccc3)ncc2C2=NC3(CCCCC3)NN2)cc1. The monoisotopic (exact) mass is 384 g/mol. The second-order valence-corrected chi connectivity index (χ2v) is 7.62. The van der Waals surface area contributed by atoms with Crippen molar-refractivity contribution in [2.75, 3.05) is 5.32 Å². The van der Waals surface area contributed by atoms with Crippen molar-refractivity contribution in [3.63, 3.8) is 0 Å². The fourth-order valence-corrected chi connectivity index (χ4v) is 3.98.